The Hall–Kier alpha value is -3.17. The topological polar surface area (TPSA) is 64.3 Å². The minimum Gasteiger partial charge on any atom is -0.481 e. The number of hydrogen-bond acceptors (Lipinski definition) is 3. The van der Waals surface area contributed by atoms with Crippen molar-refractivity contribution in [1.29, 1.82) is 0 Å². The molecule has 0 saturated carbocycles. The van der Waals surface area contributed by atoms with Crippen molar-refractivity contribution in [3.8, 4) is 11.6 Å². The second kappa shape index (κ2) is 6.77. The summed E-state index contributed by atoms with van der Waals surface area (Å²) in [6.07, 6.45) is -6.31. The number of ether oxygens (including phenoxy) is 1. The molecule has 0 unspecified atom stereocenters. The number of hydrogen-bond donors (Lipinski definition) is 1. The van der Waals surface area contributed by atoms with Crippen LogP contribution in [0.5, 0.6) is 5.75 Å². The number of nitrogens with zero attached hydrogens (tertiary/aromatic N) is 2. The van der Waals surface area contributed by atoms with Crippen LogP contribution in [0.2, 0.25) is 0 Å². The summed E-state index contributed by atoms with van der Waals surface area (Å²) >= 11 is 0. The van der Waals surface area contributed by atoms with Gasteiger partial charge in [0.05, 0.1) is 5.52 Å². The molecule has 3 aromatic rings. The van der Waals surface area contributed by atoms with Gasteiger partial charge in [-0.1, -0.05) is 6.07 Å². The van der Waals surface area contributed by atoms with Gasteiger partial charge in [-0.25, -0.2) is 4.98 Å². The van der Waals surface area contributed by atoms with Crippen LogP contribution >= 0.6 is 0 Å². The number of aryl methyl sites for hydroxylation is 1. The summed E-state index contributed by atoms with van der Waals surface area (Å²) in [6.45, 7) is 1.63. The molecule has 0 aliphatic rings. The van der Waals surface area contributed by atoms with Crippen LogP contribution in [0.3, 0.4) is 0 Å². The highest BCUT2D eigenvalue weighted by molar-refractivity contribution is 5.84. The van der Waals surface area contributed by atoms with E-state index in [0.717, 1.165) is 18.2 Å². The zero-order valence-electron chi connectivity index (χ0n) is 14.3. The monoisotopic (exact) mass is 400 g/mol. The molecule has 0 atom stereocenters. The molecule has 2 heterocycles. The number of pyridine rings is 1. The van der Waals surface area contributed by atoms with E-state index in [9.17, 15) is 26.7 Å². The summed E-state index contributed by atoms with van der Waals surface area (Å²) in [4.78, 5) is 14.5. The maximum absolute atomic E-state index is 14.1. The minimum atomic E-state index is -4.88. The van der Waals surface area contributed by atoms with Gasteiger partial charge in [-0.3, -0.25) is 9.36 Å². The Kier molecular flexibility index (Phi) is 4.74. The quantitative estimate of drug-likeness (QED) is 0.625. The van der Waals surface area contributed by atoms with Crippen LogP contribution in [-0.4, -0.2) is 27.0 Å². The van der Waals surface area contributed by atoms with Crippen molar-refractivity contribution < 1.29 is 36.6 Å². The van der Waals surface area contributed by atoms with Crippen molar-refractivity contribution >= 4 is 16.9 Å². The Bertz CT molecular complexity index is 1040. The first-order chi connectivity index (χ1) is 13.0. The number of carboxylic acids is 1. The van der Waals surface area contributed by atoms with E-state index in [1.165, 1.54) is 22.8 Å². The highest BCUT2D eigenvalue weighted by atomic mass is 19.4. The third-order valence-electron chi connectivity index (χ3n) is 3.90. The van der Waals surface area contributed by atoms with E-state index in [1.807, 2.05) is 0 Å². The zero-order chi connectivity index (χ0) is 20.7. The SMILES string of the molecule is Cc1cc2ccc(OC(F)(F)F)cc2n1-c1cccc(C(F)(F)CC(=O)O)n1. The Morgan fingerprint density at radius 2 is 1.86 bits per heavy atom. The number of carboxylic acid groups (broad SMARTS) is 1. The predicted molar refractivity (Wildman–Crippen MR) is 88.6 cm³/mol. The van der Waals surface area contributed by atoms with Gasteiger partial charge in [0.2, 0.25) is 0 Å². The molecular weight excluding hydrogens is 387 g/mol. The fourth-order valence-corrected chi connectivity index (χ4v) is 2.85. The average Bonchev–Trinajstić information content (AvgIpc) is 2.87. The first-order valence-corrected chi connectivity index (χ1v) is 7.92. The molecule has 2 aromatic heterocycles. The molecule has 10 heteroatoms. The Morgan fingerprint density at radius 3 is 2.50 bits per heavy atom. The van der Waals surface area contributed by atoms with Crippen LogP contribution in [-0.2, 0) is 10.7 Å². The second-order valence-electron chi connectivity index (χ2n) is 6.05. The van der Waals surface area contributed by atoms with Gasteiger partial charge < -0.3 is 9.84 Å². The summed E-state index contributed by atoms with van der Waals surface area (Å²) in [6, 6.07) is 8.98. The summed E-state index contributed by atoms with van der Waals surface area (Å²) < 4.78 is 70.9. The number of alkyl halides is 5. The van der Waals surface area contributed by atoms with Gasteiger partial charge in [0.15, 0.2) is 0 Å². The van der Waals surface area contributed by atoms with Gasteiger partial charge >= 0.3 is 12.3 Å². The normalized spacial score (nSPS) is 12.4. The summed E-state index contributed by atoms with van der Waals surface area (Å²) in [7, 11) is 0. The number of aromatic nitrogens is 2. The first kappa shape index (κ1) is 19.6. The number of benzene rings is 1. The van der Waals surface area contributed by atoms with Gasteiger partial charge in [-0.2, -0.15) is 8.78 Å². The molecule has 28 heavy (non-hydrogen) atoms. The number of fused-ring (bicyclic) bond motifs is 1. The molecule has 0 fully saturated rings. The van der Waals surface area contributed by atoms with Crippen LogP contribution < -0.4 is 4.74 Å². The minimum absolute atomic E-state index is 0.0132. The van der Waals surface area contributed by atoms with Gasteiger partial charge in [0.25, 0.3) is 5.92 Å². The van der Waals surface area contributed by atoms with Gasteiger partial charge in [-0.15, -0.1) is 13.2 Å². The van der Waals surface area contributed by atoms with E-state index in [2.05, 4.69) is 9.72 Å². The van der Waals surface area contributed by atoms with Crippen LogP contribution in [0, 0.1) is 6.92 Å². The lowest BCUT2D eigenvalue weighted by Crippen LogP contribution is -2.20. The fourth-order valence-electron chi connectivity index (χ4n) is 2.85. The number of aliphatic carboxylic acids is 1. The van der Waals surface area contributed by atoms with Crippen molar-refractivity contribution in [2.24, 2.45) is 0 Å². The lowest BCUT2D eigenvalue weighted by molar-refractivity contribution is -0.274. The Labute approximate surface area is 155 Å². The molecule has 0 bridgehead atoms. The number of halogens is 5. The maximum Gasteiger partial charge on any atom is 0.573 e. The molecule has 3 rings (SSSR count). The maximum atomic E-state index is 14.1. The van der Waals surface area contributed by atoms with Crippen LogP contribution in [0.15, 0.2) is 42.5 Å². The lowest BCUT2D eigenvalue weighted by Gasteiger charge is -2.16. The van der Waals surface area contributed by atoms with Crippen LogP contribution in [0.25, 0.3) is 16.7 Å². The molecular formula is C18H13F5N2O3. The standard InChI is InChI=1S/C18H13F5N2O3/c1-10-7-11-5-6-12(28-18(21,22)23)8-13(11)25(10)15-4-2-3-14(24-15)17(19,20)9-16(26)27/h2-8H,9H2,1H3,(H,26,27). The zero-order valence-corrected chi connectivity index (χ0v) is 14.3. The first-order valence-electron chi connectivity index (χ1n) is 7.92. The lowest BCUT2D eigenvalue weighted by atomic mass is 10.1. The van der Waals surface area contributed by atoms with Gasteiger partial charge in [0, 0.05) is 17.1 Å². The molecule has 1 aromatic carbocycles. The highest BCUT2D eigenvalue weighted by Gasteiger charge is 2.36. The van der Waals surface area contributed by atoms with E-state index >= 15 is 0 Å². The molecule has 0 radical (unpaired) electrons. The van der Waals surface area contributed by atoms with E-state index in [4.69, 9.17) is 5.11 Å². The van der Waals surface area contributed by atoms with Gasteiger partial charge in [-0.05, 0) is 37.3 Å². The second-order valence-corrected chi connectivity index (χ2v) is 6.05. The molecule has 0 amide bonds. The number of carbonyl (C=O) groups is 1. The Balaban J connectivity index is 2.10. The van der Waals surface area contributed by atoms with Crippen molar-refractivity contribution in [2.45, 2.75) is 25.6 Å². The summed E-state index contributed by atoms with van der Waals surface area (Å²) in [5.74, 6) is -5.84. The van der Waals surface area contributed by atoms with E-state index in [-0.39, 0.29) is 11.3 Å². The van der Waals surface area contributed by atoms with Crippen LogP contribution in [0.1, 0.15) is 17.8 Å². The molecule has 148 valence electrons. The van der Waals surface area contributed by atoms with Gasteiger partial charge in [0.1, 0.15) is 23.7 Å². The predicted octanol–water partition coefficient (Wildman–Crippen LogP) is 4.80. The molecule has 0 spiro atoms. The van der Waals surface area contributed by atoms with Crippen molar-refractivity contribution in [3.63, 3.8) is 0 Å². The Morgan fingerprint density at radius 1 is 1.14 bits per heavy atom. The fraction of sp³-hybridized carbons (Fsp3) is 0.222. The van der Waals surface area contributed by atoms with E-state index in [1.54, 1.807) is 13.0 Å². The third-order valence-corrected chi connectivity index (χ3v) is 3.90. The van der Waals surface area contributed by atoms with E-state index < -0.39 is 36.1 Å². The molecule has 1 N–H and O–H groups in total. The molecule has 0 aliphatic heterocycles. The molecule has 5 nitrogen and oxygen atoms in total. The van der Waals surface area contributed by atoms with Crippen molar-refractivity contribution in [3.05, 3.63) is 53.9 Å². The van der Waals surface area contributed by atoms with Crippen LogP contribution in [0.4, 0.5) is 22.0 Å². The van der Waals surface area contributed by atoms with Crippen molar-refractivity contribution in [1.82, 2.24) is 9.55 Å². The summed E-state index contributed by atoms with van der Waals surface area (Å²) in [5.41, 5.74) is 0.0483. The smallest absolute Gasteiger partial charge is 0.481 e. The molecule has 0 saturated heterocycles. The largest absolute Gasteiger partial charge is 0.573 e. The van der Waals surface area contributed by atoms with E-state index in [0.29, 0.717) is 11.1 Å². The average molecular weight is 400 g/mol. The number of rotatable bonds is 5. The highest BCUT2D eigenvalue weighted by Crippen LogP contribution is 2.33. The molecule has 0 aliphatic carbocycles. The third kappa shape index (κ3) is 4.05. The summed E-state index contributed by atoms with van der Waals surface area (Å²) in [5, 5.41) is 9.21. The van der Waals surface area contributed by atoms with Crippen molar-refractivity contribution in [2.75, 3.05) is 0 Å².